The van der Waals surface area contributed by atoms with Gasteiger partial charge in [0, 0.05) is 25.6 Å². The fourth-order valence-corrected chi connectivity index (χ4v) is 3.81. The average Bonchev–Trinajstić information content (AvgIpc) is 2.53. The first-order valence-corrected chi connectivity index (χ1v) is 9.59. The van der Waals surface area contributed by atoms with Crippen LogP contribution in [-0.2, 0) is 9.53 Å². The average molecular weight is 325 g/mol. The highest BCUT2D eigenvalue weighted by atomic mass is 16.5. The van der Waals surface area contributed by atoms with Crippen LogP contribution in [0, 0.1) is 11.8 Å². The maximum atomic E-state index is 12.6. The number of ether oxygens (including phenoxy) is 1. The van der Waals surface area contributed by atoms with E-state index in [1.807, 2.05) is 0 Å². The van der Waals surface area contributed by atoms with Crippen molar-refractivity contribution in [3.8, 4) is 0 Å². The van der Waals surface area contributed by atoms with Gasteiger partial charge in [0.15, 0.2) is 0 Å². The third-order valence-corrected chi connectivity index (χ3v) is 5.38. The summed E-state index contributed by atoms with van der Waals surface area (Å²) in [5, 5.41) is 0. The van der Waals surface area contributed by atoms with Crippen molar-refractivity contribution in [3.63, 3.8) is 0 Å². The zero-order valence-electron chi connectivity index (χ0n) is 15.6. The molecule has 1 atom stereocenters. The van der Waals surface area contributed by atoms with Crippen molar-refractivity contribution in [1.29, 1.82) is 0 Å². The van der Waals surface area contributed by atoms with Gasteiger partial charge in [0.1, 0.15) is 0 Å². The molecule has 4 heteroatoms. The van der Waals surface area contributed by atoms with Crippen molar-refractivity contribution in [2.45, 2.75) is 71.9 Å². The molecule has 0 aromatic carbocycles. The van der Waals surface area contributed by atoms with Gasteiger partial charge in [0.2, 0.25) is 5.91 Å². The molecule has 1 amide bonds. The SMILES string of the molecule is CC(C)OCC1CCCN(C(=O)CC2CCN(C(C)C)CC2)C1. The summed E-state index contributed by atoms with van der Waals surface area (Å²) < 4.78 is 5.75. The van der Waals surface area contributed by atoms with Gasteiger partial charge in [0.25, 0.3) is 0 Å². The van der Waals surface area contributed by atoms with Gasteiger partial charge in [-0.2, -0.15) is 0 Å². The lowest BCUT2D eigenvalue weighted by atomic mass is 9.91. The third-order valence-electron chi connectivity index (χ3n) is 5.38. The van der Waals surface area contributed by atoms with Crippen molar-refractivity contribution in [3.05, 3.63) is 0 Å². The molecule has 0 N–H and O–H groups in total. The number of nitrogens with zero attached hydrogens (tertiary/aromatic N) is 2. The lowest BCUT2D eigenvalue weighted by molar-refractivity contribution is -0.135. The van der Waals surface area contributed by atoms with E-state index >= 15 is 0 Å². The Hall–Kier alpha value is -0.610. The molecule has 2 aliphatic rings. The van der Waals surface area contributed by atoms with Crippen molar-refractivity contribution >= 4 is 5.91 Å². The lowest BCUT2D eigenvalue weighted by Gasteiger charge is -2.37. The minimum absolute atomic E-state index is 0.284. The predicted molar refractivity (Wildman–Crippen MR) is 94.4 cm³/mol. The predicted octanol–water partition coefficient (Wildman–Crippen LogP) is 3.16. The van der Waals surface area contributed by atoms with Crippen molar-refractivity contribution in [2.24, 2.45) is 11.8 Å². The van der Waals surface area contributed by atoms with E-state index in [9.17, 15) is 4.79 Å². The van der Waals surface area contributed by atoms with Crippen LogP contribution in [0.2, 0.25) is 0 Å². The Balaban J connectivity index is 1.73. The van der Waals surface area contributed by atoms with Crippen LogP contribution in [0.5, 0.6) is 0 Å². The molecule has 23 heavy (non-hydrogen) atoms. The number of hydrogen-bond donors (Lipinski definition) is 0. The van der Waals surface area contributed by atoms with Crippen LogP contribution in [0.4, 0.5) is 0 Å². The molecule has 2 saturated heterocycles. The monoisotopic (exact) mass is 324 g/mol. The van der Waals surface area contributed by atoms with Gasteiger partial charge in [0.05, 0.1) is 12.7 Å². The minimum atomic E-state index is 0.284. The number of amides is 1. The van der Waals surface area contributed by atoms with Crippen LogP contribution in [0.3, 0.4) is 0 Å². The van der Waals surface area contributed by atoms with Crippen molar-refractivity contribution in [1.82, 2.24) is 9.80 Å². The van der Waals surface area contributed by atoms with Crippen LogP contribution in [0.1, 0.15) is 59.8 Å². The number of rotatable bonds is 6. The van der Waals surface area contributed by atoms with Gasteiger partial charge in [-0.25, -0.2) is 0 Å². The zero-order chi connectivity index (χ0) is 16.8. The fourth-order valence-electron chi connectivity index (χ4n) is 3.81. The topological polar surface area (TPSA) is 32.8 Å². The molecule has 0 bridgehead atoms. The molecule has 2 heterocycles. The van der Waals surface area contributed by atoms with Crippen LogP contribution >= 0.6 is 0 Å². The molecule has 0 spiro atoms. The number of carbonyl (C=O) groups is 1. The highest BCUT2D eigenvalue weighted by Gasteiger charge is 2.28. The van der Waals surface area contributed by atoms with E-state index < -0.39 is 0 Å². The van der Waals surface area contributed by atoms with Crippen molar-refractivity contribution < 1.29 is 9.53 Å². The molecule has 0 aromatic rings. The van der Waals surface area contributed by atoms with Crippen LogP contribution in [-0.4, -0.2) is 60.6 Å². The summed E-state index contributed by atoms with van der Waals surface area (Å²) in [6.07, 6.45) is 5.72. The first kappa shape index (κ1) is 18.7. The molecule has 2 aliphatic heterocycles. The lowest BCUT2D eigenvalue weighted by Crippen LogP contribution is -2.43. The maximum Gasteiger partial charge on any atom is 0.222 e. The highest BCUT2D eigenvalue weighted by molar-refractivity contribution is 5.76. The standard InChI is InChI=1S/C19H36N2O2/c1-15(2)20-10-7-17(8-11-20)12-19(22)21-9-5-6-18(13-21)14-23-16(3)4/h15-18H,5-14H2,1-4H3. The molecule has 0 aliphatic carbocycles. The van der Waals surface area contributed by atoms with E-state index in [1.54, 1.807) is 0 Å². The summed E-state index contributed by atoms with van der Waals surface area (Å²) in [5.74, 6) is 1.49. The number of carbonyl (C=O) groups excluding carboxylic acids is 1. The first-order chi connectivity index (χ1) is 11.0. The van der Waals surface area contributed by atoms with Crippen molar-refractivity contribution in [2.75, 3.05) is 32.8 Å². The van der Waals surface area contributed by atoms with Crippen LogP contribution in [0.25, 0.3) is 0 Å². The molecule has 2 rings (SSSR count). The third kappa shape index (κ3) is 6.07. The fraction of sp³-hybridized carbons (Fsp3) is 0.947. The molecule has 4 nitrogen and oxygen atoms in total. The molecular formula is C19H36N2O2. The summed E-state index contributed by atoms with van der Waals surface area (Å²) in [6.45, 7) is 13.6. The second-order valence-electron chi connectivity index (χ2n) is 8.01. The Morgan fingerprint density at radius 3 is 2.35 bits per heavy atom. The van der Waals surface area contributed by atoms with E-state index in [0.29, 0.717) is 23.8 Å². The Labute approximate surface area is 142 Å². The van der Waals surface area contributed by atoms with Gasteiger partial charge in [-0.15, -0.1) is 0 Å². The summed E-state index contributed by atoms with van der Waals surface area (Å²) in [5.41, 5.74) is 0. The first-order valence-electron chi connectivity index (χ1n) is 9.59. The van der Waals surface area contributed by atoms with Crippen LogP contribution < -0.4 is 0 Å². The van der Waals surface area contributed by atoms with Gasteiger partial charge < -0.3 is 14.5 Å². The largest absolute Gasteiger partial charge is 0.378 e. The van der Waals surface area contributed by atoms with Gasteiger partial charge in [-0.3, -0.25) is 4.79 Å². The summed E-state index contributed by atoms with van der Waals surface area (Å²) >= 11 is 0. The molecule has 1 unspecified atom stereocenters. The van der Waals surface area contributed by atoms with Gasteiger partial charge >= 0.3 is 0 Å². The number of hydrogen-bond acceptors (Lipinski definition) is 3. The Kier molecular flexibility index (Phi) is 7.35. The van der Waals surface area contributed by atoms with E-state index in [2.05, 4.69) is 37.5 Å². The Morgan fingerprint density at radius 2 is 1.74 bits per heavy atom. The van der Waals surface area contributed by atoms with E-state index in [-0.39, 0.29) is 6.10 Å². The van der Waals surface area contributed by atoms with E-state index in [4.69, 9.17) is 4.74 Å². The van der Waals surface area contributed by atoms with E-state index in [1.165, 1.54) is 19.3 Å². The van der Waals surface area contributed by atoms with Gasteiger partial charge in [-0.1, -0.05) is 0 Å². The quantitative estimate of drug-likeness (QED) is 0.752. The normalized spacial score (nSPS) is 24.6. The Morgan fingerprint density at radius 1 is 1.04 bits per heavy atom. The molecule has 2 fully saturated rings. The molecule has 134 valence electrons. The maximum absolute atomic E-state index is 12.6. The summed E-state index contributed by atoms with van der Waals surface area (Å²) in [6, 6.07) is 0.635. The molecule has 0 saturated carbocycles. The van der Waals surface area contributed by atoms with Crippen LogP contribution in [0.15, 0.2) is 0 Å². The second-order valence-corrected chi connectivity index (χ2v) is 8.01. The summed E-state index contributed by atoms with van der Waals surface area (Å²) in [7, 11) is 0. The summed E-state index contributed by atoms with van der Waals surface area (Å²) in [4.78, 5) is 17.3. The number of piperidine rings is 2. The minimum Gasteiger partial charge on any atom is -0.378 e. The Bertz CT molecular complexity index is 362. The second kappa shape index (κ2) is 9.03. The molecule has 0 aromatic heterocycles. The molecular weight excluding hydrogens is 288 g/mol. The zero-order valence-corrected chi connectivity index (χ0v) is 15.6. The highest BCUT2D eigenvalue weighted by Crippen LogP contribution is 2.24. The van der Waals surface area contributed by atoms with E-state index in [0.717, 1.165) is 45.6 Å². The smallest absolute Gasteiger partial charge is 0.222 e. The molecule has 0 radical (unpaired) electrons. The number of likely N-dealkylation sites (tertiary alicyclic amines) is 2. The van der Waals surface area contributed by atoms with Gasteiger partial charge in [-0.05, 0) is 78.3 Å².